The molecule has 1 aromatic carbocycles. The summed E-state index contributed by atoms with van der Waals surface area (Å²) < 4.78 is 27.8. The number of sulfonamides is 1. The number of carbonyl (C=O) groups is 1. The number of nitrogens with zero attached hydrogens (tertiary/aromatic N) is 1. The Morgan fingerprint density at radius 1 is 1.22 bits per heavy atom. The van der Waals surface area contributed by atoms with Gasteiger partial charge in [-0.2, -0.15) is 0 Å². The van der Waals surface area contributed by atoms with Crippen LogP contribution in [-0.2, 0) is 10.0 Å². The van der Waals surface area contributed by atoms with Gasteiger partial charge in [-0.15, -0.1) is 0 Å². The highest BCUT2D eigenvalue weighted by atomic mass is 32.2. The lowest BCUT2D eigenvalue weighted by molar-refractivity contribution is 0.0827. The van der Waals surface area contributed by atoms with Crippen LogP contribution in [0.5, 0.6) is 0 Å². The standard InChI is InChI=1S/C16H25N3O3S/c1-19(2)16(20)12-7-9-14(10-8-12)23(21,22)18-15-6-4-3-5-13(15)11-17/h7-10,13,15,18H,3-6,11,17H2,1-2H3. The van der Waals surface area contributed by atoms with Crippen molar-refractivity contribution in [2.45, 2.75) is 36.6 Å². The van der Waals surface area contributed by atoms with Crippen LogP contribution in [0, 0.1) is 5.92 Å². The van der Waals surface area contributed by atoms with Crippen LogP contribution in [0.4, 0.5) is 0 Å². The number of hydrogen-bond acceptors (Lipinski definition) is 4. The number of nitrogens with one attached hydrogen (secondary N) is 1. The van der Waals surface area contributed by atoms with Crippen molar-refractivity contribution in [1.29, 1.82) is 0 Å². The van der Waals surface area contributed by atoms with Gasteiger partial charge in [-0.1, -0.05) is 12.8 Å². The van der Waals surface area contributed by atoms with E-state index in [0.29, 0.717) is 12.1 Å². The summed E-state index contributed by atoms with van der Waals surface area (Å²) in [6, 6.07) is 5.91. The fraction of sp³-hybridized carbons (Fsp3) is 0.562. The maximum Gasteiger partial charge on any atom is 0.253 e. The van der Waals surface area contributed by atoms with Gasteiger partial charge in [0.1, 0.15) is 0 Å². The molecule has 0 spiro atoms. The van der Waals surface area contributed by atoms with E-state index in [9.17, 15) is 13.2 Å². The van der Waals surface area contributed by atoms with Crippen molar-refractivity contribution >= 4 is 15.9 Å². The molecule has 0 bridgehead atoms. The van der Waals surface area contributed by atoms with Crippen molar-refractivity contribution < 1.29 is 13.2 Å². The molecular weight excluding hydrogens is 314 g/mol. The summed E-state index contributed by atoms with van der Waals surface area (Å²) in [5.74, 6) is 0.0329. The smallest absolute Gasteiger partial charge is 0.253 e. The summed E-state index contributed by atoms with van der Waals surface area (Å²) in [5, 5.41) is 0. The number of amides is 1. The highest BCUT2D eigenvalue weighted by Gasteiger charge is 2.28. The second kappa shape index (κ2) is 7.42. The fourth-order valence-corrected chi connectivity index (χ4v) is 4.29. The molecular formula is C16H25N3O3S. The van der Waals surface area contributed by atoms with Crippen LogP contribution in [0.25, 0.3) is 0 Å². The van der Waals surface area contributed by atoms with Gasteiger partial charge in [0.15, 0.2) is 0 Å². The van der Waals surface area contributed by atoms with Gasteiger partial charge < -0.3 is 10.6 Å². The Labute approximate surface area is 138 Å². The third-order valence-corrected chi connectivity index (χ3v) is 5.84. The van der Waals surface area contributed by atoms with Gasteiger partial charge in [0, 0.05) is 25.7 Å². The van der Waals surface area contributed by atoms with Gasteiger partial charge in [0.05, 0.1) is 4.90 Å². The van der Waals surface area contributed by atoms with Gasteiger partial charge in [-0.3, -0.25) is 4.79 Å². The van der Waals surface area contributed by atoms with Crippen LogP contribution in [-0.4, -0.2) is 45.9 Å². The van der Waals surface area contributed by atoms with Crippen LogP contribution in [0.3, 0.4) is 0 Å². The molecule has 1 amide bonds. The minimum atomic E-state index is -3.60. The van der Waals surface area contributed by atoms with E-state index in [2.05, 4.69) is 4.72 Å². The first-order valence-electron chi connectivity index (χ1n) is 7.89. The molecule has 128 valence electrons. The lowest BCUT2D eigenvalue weighted by atomic mass is 9.85. The van der Waals surface area contributed by atoms with Crippen molar-refractivity contribution in [2.75, 3.05) is 20.6 Å². The van der Waals surface area contributed by atoms with E-state index in [4.69, 9.17) is 5.73 Å². The molecule has 1 aromatic rings. The molecule has 1 aliphatic rings. The second-order valence-electron chi connectivity index (χ2n) is 6.23. The molecule has 23 heavy (non-hydrogen) atoms. The van der Waals surface area contributed by atoms with Crippen LogP contribution in [0.2, 0.25) is 0 Å². The summed E-state index contributed by atoms with van der Waals surface area (Å²) in [4.78, 5) is 13.5. The number of nitrogens with two attached hydrogens (primary N) is 1. The molecule has 1 saturated carbocycles. The van der Waals surface area contributed by atoms with E-state index in [0.717, 1.165) is 25.7 Å². The minimum Gasteiger partial charge on any atom is -0.345 e. The SMILES string of the molecule is CN(C)C(=O)c1ccc(S(=O)(=O)NC2CCCCC2CN)cc1. The monoisotopic (exact) mass is 339 g/mol. The maximum absolute atomic E-state index is 12.5. The summed E-state index contributed by atoms with van der Waals surface area (Å²) in [6.45, 7) is 0.490. The molecule has 3 N–H and O–H groups in total. The van der Waals surface area contributed by atoms with Crippen LogP contribution < -0.4 is 10.5 Å². The van der Waals surface area contributed by atoms with E-state index >= 15 is 0 Å². The Bertz CT molecular complexity index is 641. The van der Waals surface area contributed by atoms with E-state index < -0.39 is 10.0 Å². The minimum absolute atomic E-state index is 0.109. The Morgan fingerprint density at radius 3 is 2.39 bits per heavy atom. The molecule has 0 heterocycles. The zero-order valence-corrected chi connectivity index (χ0v) is 14.5. The molecule has 6 nitrogen and oxygen atoms in total. The third kappa shape index (κ3) is 4.31. The number of benzene rings is 1. The average Bonchev–Trinajstić information content (AvgIpc) is 2.54. The van der Waals surface area contributed by atoms with Gasteiger partial charge >= 0.3 is 0 Å². The Hall–Kier alpha value is -1.44. The highest BCUT2D eigenvalue weighted by molar-refractivity contribution is 7.89. The number of carbonyl (C=O) groups excluding carboxylic acids is 1. The van der Waals surface area contributed by atoms with Crippen LogP contribution >= 0.6 is 0 Å². The van der Waals surface area contributed by atoms with E-state index in [1.807, 2.05) is 0 Å². The maximum atomic E-state index is 12.5. The van der Waals surface area contributed by atoms with Crippen LogP contribution in [0.1, 0.15) is 36.0 Å². The molecule has 7 heteroatoms. The topological polar surface area (TPSA) is 92.5 Å². The lowest BCUT2D eigenvalue weighted by Crippen LogP contribution is -2.44. The molecule has 2 rings (SSSR count). The van der Waals surface area contributed by atoms with Crippen molar-refractivity contribution in [3.63, 3.8) is 0 Å². The number of hydrogen-bond donors (Lipinski definition) is 2. The third-order valence-electron chi connectivity index (χ3n) is 4.34. The first-order chi connectivity index (χ1) is 10.8. The van der Waals surface area contributed by atoms with Gasteiger partial charge in [-0.05, 0) is 49.6 Å². The first-order valence-corrected chi connectivity index (χ1v) is 9.37. The Morgan fingerprint density at radius 2 is 1.83 bits per heavy atom. The van der Waals surface area contributed by atoms with E-state index in [1.54, 1.807) is 14.1 Å². The van der Waals surface area contributed by atoms with Crippen molar-refractivity contribution in [2.24, 2.45) is 11.7 Å². The summed E-state index contributed by atoms with van der Waals surface area (Å²) in [5.41, 5.74) is 6.22. The van der Waals surface area contributed by atoms with Crippen molar-refractivity contribution in [1.82, 2.24) is 9.62 Å². The van der Waals surface area contributed by atoms with Gasteiger partial charge in [0.2, 0.25) is 10.0 Å². The fourth-order valence-electron chi connectivity index (χ4n) is 2.95. The average molecular weight is 339 g/mol. The second-order valence-corrected chi connectivity index (χ2v) is 7.95. The molecule has 1 aliphatic carbocycles. The van der Waals surface area contributed by atoms with Crippen molar-refractivity contribution in [3.05, 3.63) is 29.8 Å². The molecule has 2 unspecified atom stereocenters. The summed E-state index contributed by atoms with van der Waals surface area (Å²) in [7, 11) is -0.281. The molecule has 2 atom stereocenters. The normalized spacial score (nSPS) is 21.9. The highest BCUT2D eigenvalue weighted by Crippen LogP contribution is 2.25. The largest absolute Gasteiger partial charge is 0.345 e. The molecule has 1 fully saturated rings. The van der Waals surface area contributed by atoms with E-state index in [-0.39, 0.29) is 22.8 Å². The Kier molecular flexibility index (Phi) is 5.78. The zero-order chi connectivity index (χ0) is 17.0. The summed E-state index contributed by atoms with van der Waals surface area (Å²) in [6.07, 6.45) is 3.89. The van der Waals surface area contributed by atoms with Crippen molar-refractivity contribution in [3.8, 4) is 0 Å². The van der Waals surface area contributed by atoms with Gasteiger partial charge in [-0.25, -0.2) is 13.1 Å². The molecule has 0 aliphatic heterocycles. The molecule has 0 saturated heterocycles. The quantitative estimate of drug-likeness (QED) is 0.842. The Balaban J connectivity index is 2.14. The van der Waals surface area contributed by atoms with E-state index in [1.165, 1.54) is 29.2 Å². The number of rotatable bonds is 5. The predicted octanol–water partition coefficient (Wildman–Crippen LogP) is 1.18. The predicted molar refractivity (Wildman–Crippen MR) is 89.6 cm³/mol. The van der Waals surface area contributed by atoms with Gasteiger partial charge in [0.25, 0.3) is 5.91 Å². The zero-order valence-electron chi connectivity index (χ0n) is 13.7. The molecule has 0 aromatic heterocycles. The first kappa shape index (κ1) is 17.9. The van der Waals surface area contributed by atoms with Crippen LogP contribution in [0.15, 0.2) is 29.2 Å². The summed E-state index contributed by atoms with van der Waals surface area (Å²) >= 11 is 0. The molecule has 0 radical (unpaired) electrons. The lowest BCUT2D eigenvalue weighted by Gasteiger charge is -2.31.